The lowest BCUT2D eigenvalue weighted by Gasteiger charge is -2.23. The van der Waals surface area contributed by atoms with Crippen molar-refractivity contribution in [1.29, 1.82) is 5.26 Å². The Bertz CT molecular complexity index is 445. The highest BCUT2D eigenvalue weighted by molar-refractivity contribution is 5.30. The van der Waals surface area contributed by atoms with E-state index in [1.807, 2.05) is 12.1 Å². The van der Waals surface area contributed by atoms with Gasteiger partial charge in [0.25, 0.3) is 0 Å². The number of pyridine rings is 1. The van der Waals surface area contributed by atoms with Gasteiger partial charge in [0, 0.05) is 18.3 Å². The number of nitriles is 1. The molecule has 3 heteroatoms. The van der Waals surface area contributed by atoms with Crippen LogP contribution in [0.4, 0.5) is 0 Å². The standard InChI is InChI=1S/C15H21N3/c1-15(2)6-4-9-18(10-7-15)12-13-5-3-8-17-14(13)11-16/h3,5,8H,4,6-7,9-10,12H2,1-2H3. The first-order chi connectivity index (χ1) is 8.61. The van der Waals surface area contributed by atoms with Crippen LogP contribution in [0.5, 0.6) is 0 Å². The number of hydrogen-bond donors (Lipinski definition) is 0. The molecule has 0 N–H and O–H groups in total. The van der Waals surface area contributed by atoms with E-state index in [0.717, 1.165) is 25.2 Å². The molecule has 18 heavy (non-hydrogen) atoms. The molecule has 1 fully saturated rings. The zero-order chi connectivity index (χ0) is 13.0. The van der Waals surface area contributed by atoms with Gasteiger partial charge in [-0.3, -0.25) is 4.90 Å². The van der Waals surface area contributed by atoms with Gasteiger partial charge >= 0.3 is 0 Å². The maximum absolute atomic E-state index is 9.06. The maximum atomic E-state index is 9.06. The van der Waals surface area contributed by atoms with E-state index < -0.39 is 0 Å². The average Bonchev–Trinajstić information content (AvgIpc) is 2.52. The van der Waals surface area contributed by atoms with E-state index in [2.05, 4.69) is 29.8 Å². The minimum Gasteiger partial charge on any atom is -0.299 e. The van der Waals surface area contributed by atoms with Gasteiger partial charge in [-0.05, 0) is 43.8 Å². The Labute approximate surface area is 109 Å². The number of nitrogens with zero attached hydrogens (tertiary/aromatic N) is 3. The van der Waals surface area contributed by atoms with E-state index in [4.69, 9.17) is 5.26 Å². The molecule has 2 rings (SSSR count). The number of rotatable bonds is 2. The van der Waals surface area contributed by atoms with Gasteiger partial charge in [-0.25, -0.2) is 4.98 Å². The van der Waals surface area contributed by atoms with Crippen molar-refractivity contribution in [3.8, 4) is 6.07 Å². The summed E-state index contributed by atoms with van der Waals surface area (Å²) in [5, 5.41) is 9.06. The molecule has 2 heterocycles. The lowest BCUT2D eigenvalue weighted by molar-refractivity contribution is 0.255. The number of aromatic nitrogens is 1. The fourth-order valence-electron chi connectivity index (χ4n) is 2.54. The van der Waals surface area contributed by atoms with Gasteiger partial charge in [0.2, 0.25) is 0 Å². The van der Waals surface area contributed by atoms with Gasteiger partial charge in [-0.2, -0.15) is 5.26 Å². The summed E-state index contributed by atoms with van der Waals surface area (Å²) in [6.45, 7) is 7.80. The molecular formula is C15H21N3. The summed E-state index contributed by atoms with van der Waals surface area (Å²) < 4.78 is 0. The Morgan fingerprint density at radius 3 is 3.00 bits per heavy atom. The monoisotopic (exact) mass is 243 g/mol. The molecule has 0 amide bonds. The largest absolute Gasteiger partial charge is 0.299 e. The van der Waals surface area contributed by atoms with E-state index >= 15 is 0 Å². The highest BCUT2D eigenvalue weighted by Crippen LogP contribution is 2.30. The molecule has 0 radical (unpaired) electrons. The van der Waals surface area contributed by atoms with Crippen LogP contribution in [-0.2, 0) is 6.54 Å². The summed E-state index contributed by atoms with van der Waals surface area (Å²) in [5.41, 5.74) is 2.09. The Balaban J connectivity index is 2.04. The molecule has 0 bridgehead atoms. The minimum atomic E-state index is 0.460. The van der Waals surface area contributed by atoms with Gasteiger partial charge in [-0.1, -0.05) is 19.9 Å². The summed E-state index contributed by atoms with van der Waals surface area (Å²) >= 11 is 0. The summed E-state index contributed by atoms with van der Waals surface area (Å²) in [6.07, 6.45) is 5.46. The first-order valence-electron chi connectivity index (χ1n) is 6.67. The molecule has 0 atom stereocenters. The van der Waals surface area contributed by atoms with Crippen molar-refractivity contribution in [3.63, 3.8) is 0 Å². The molecule has 3 nitrogen and oxygen atoms in total. The van der Waals surface area contributed by atoms with Crippen LogP contribution in [0.3, 0.4) is 0 Å². The third kappa shape index (κ3) is 3.30. The average molecular weight is 243 g/mol. The van der Waals surface area contributed by atoms with Crippen LogP contribution in [0.2, 0.25) is 0 Å². The normalized spacial score (nSPS) is 20.1. The summed E-state index contributed by atoms with van der Waals surface area (Å²) in [5.74, 6) is 0. The lowest BCUT2D eigenvalue weighted by atomic mass is 9.85. The fraction of sp³-hybridized carbons (Fsp3) is 0.600. The first kappa shape index (κ1) is 13.0. The molecule has 0 spiro atoms. The molecule has 1 aromatic heterocycles. The topological polar surface area (TPSA) is 39.9 Å². The first-order valence-corrected chi connectivity index (χ1v) is 6.67. The molecule has 1 aliphatic heterocycles. The van der Waals surface area contributed by atoms with Crippen molar-refractivity contribution in [3.05, 3.63) is 29.6 Å². The summed E-state index contributed by atoms with van der Waals surface area (Å²) in [7, 11) is 0. The van der Waals surface area contributed by atoms with Crippen molar-refractivity contribution >= 4 is 0 Å². The second kappa shape index (κ2) is 5.49. The van der Waals surface area contributed by atoms with Crippen LogP contribution in [0.1, 0.15) is 44.4 Å². The molecule has 0 saturated carbocycles. The Hall–Kier alpha value is -1.40. The molecular weight excluding hydrogens is 222 g/mol. The predicted molar refractivity (Wildman–Crippen MR) is 71.9 cm³/mol. The van der Waals surface area contributed by atoms with Crippen molar-refractivity contribution in [2.75, 3.05) is 13.1 Å². The van der Waals surface area contributed by atoms with E-state index in [-0.39, 0.29) is 0 Å². The van der Waals surface area contributed by atoms with Crippen LogP contribution in [-0.4, -0.2) is 23.0 Å². The van der Waals surface area contributed by atoms with E-state index in [0.29, 0.717) is 11.1 Å². The van der Waals surface area contributed by atoms with Crippen molar-refractivity contribution in [2.45, 2.75) is 39.7 Å². The van der Waals surface area contributed by atoms with E-state index in [9.17, 15) is 0 Å². The minimum absolute atomic E-state index is 0.460. The predicted octanol–water partition coefficient (Wildman–Crippen LogP) is 2.97. The van der Waals surface area contributed by atoms with Crippen LogP contribution in [0.15, 0.2) is 18.3 Å². The molecule has 1 aromatic rings. The van der Waals surface area contributed by atoms with Crippen LogP contribution in [0, 0.1) is 16.7 Å². The van der Waals surface area contributed by atoms with Gasteiger partial charge in [0.15, 0.2) is 0 Å². The Kier molecular flexibility index (Phi) is 3.98. The summed E-state index contributed by atoms with van der Waals surface area (Å²) in [4.78, 5) is 6.58. The van der Waals surface area contributed by atoms with Crippen LogP contribution < -0.4 is 0 Å². The molecule has 96 valence electrons. The number of likely N-dealkylation sites (tertiary alicyclic amines) is 1. The third-order valence-electron chi connectivity index (χ3n) is 3.82. The SMILES string of the molecule is CC1(C)CCCN(Cc2cccnc2C#N)CC1. The van der Waals surface area contributed by atoms with Gasteiger partial charge < -0.3 is 0 Å². The lowest BCUT2D eigenvalue weighted by Crippen LogP contribution is -2.25. The highest BCUT2D eigenvalue weighted by atomic mass is 15.1. The zero-order valence-electron chi connectivity index (χ0n) is 11.3. The van der Waals surface area contributed by atoms with Gasteiger partial charge in [-0.15, -0.1) is 0 Å². The van der Waals surface area contributed by atoms with Gasteiger partial charge in [0.05, 0.1) is 0 Å². The molecule has 0 unspecified atom stereocenters. The van der Waals surface area contributed by atoms with Crippen molar-refractivity contribution in [1.82, 2.24) is 9.88 Å². The smallest absolute Gasteiger partial charge is 0.144 e. The number of hydrogen-bond acceptors (Lipinski definition) is 3. The second-order valence-corrected chi connectivity index (χ2v) is 5.92. The third-order valence-corrected chi connectivity index (χ3v) is 3.82. The quantitative estimate of drug-likeness (QED) is 0.801. The Morgan fingerprint density at radius 2 is 2.22 bits per heavy atom. The van der Waals surface area contributed by atoms with E-state index in [1.54, 1.807) is 6.20 Å². The van der Waals surface area contributed by atoms with Crippen molar-refractivity contribution < 1.29 is 0 Å². The Morgan fingerprint density at radius 1 is 1.39 bits per heavy atom. The molecule has 0 aromatic carbocycles. The maximum Gasteiger partial charge on any atom is 0.144 e. The molecule has 0 aliphatic carbocycles. The van der Waals surface area contributed by atoms with Crippen LogP contribution >= 0.6 is 0 Å². The van der Waals surface area contributed by atoms with E-state index in [1.165, 1.54) is 19.3 Å². The molecule has 1 aliphatic rings. The summed E-state index contributed by atoms with van der Waals surface area (Å²) in [6, 6.07) is 6.11. The fourth-order valence-corrected chi connectivity index (χ4v) is 2.54. The second-order valence-electron chi connectivity index (χ2n) is 5.92. The van der Waals surface area contributed by atoms with Crippen LogP contribution in [0.25, 0.3) is 0 Å². The van der Waals surface area contributed by atoms with Gasteiger partial charge in [0.1, 0.15) is 11.8 Å². The highest BCUT2D eigenvalue weighted by Gasteiger charge is 2.23. The zero-order valence-corrected chi connectivity index (χ0v) is 11.3. The van der Waals surface area contributed by atoms with Crippen molar-refractivity contribution in [2.24, 2.45) is 5.41 Å². The molecule has 1 saturated heterocycles.